The summed E-state index contributed by atoms with van der Waals surface area (Å²) < 4.78 is 6.32. The molecule has 0 aliphatic rings. The van der Waals surface area contributed by atoms with Gasteiger partial charge in [0.15, 0.2) is 0 Å². The molecular weight excluding hydrogens is 376 g/mol. The Morgan fingerprint density at radius 1 is 1.52 bits per heavy atom. The van der Waals surface area contributed by atoms with E-state index in [1.807, 2.05) is 19.1 Å². The minimum absolute atomic E-state index is 0.0412. The molecule has 2 rings (SSSR count). The molecule has 2 aromatic heterocycles. The molecule has 21 heavy (non-hydrogen) atoms. The van der Waals surface area contributed by atoms with Gasteiger partial charge in [-0.2, -0.15) is 0 Å². The summed E-state index contributed by atoms with van der Waals surface area (Å²) in [6, 6.07) is 4.00. The normalized spacial score (nSPS) is 10.8. The van der Waals surface area contributed by atoms with Gasteiger partial charge in [0.25, 0.3) is 5.22 Å². The van der Waals surface area contributed by atoms with Crippen LogP contribution < -0.4 is 5.73 Å². The van der Waals surface area contributed by atoms with Gasteiger partial charge in [-0.15, -0.1) is 21.5 Å². The fourth-order valence-electron chi connectivity index (χ4n) is 1.59. The van der Waals surface area contributed by atoms with Gasteiger partial charge < -0.3 is 15.1 Å². The van der Waals surface area contributed by atoms with Gasteiger partial charge in [-0.1, -0.05) is 11.8 Å². The van der Waals surface area contributed by atoms with Crippen LogP contribution in [-0.2, 0) is 17.9 Å². The number of halogens is 1. The van der Waals surface area contributed by atoms with Gasteiger partial charge in [-0.3, -0.25) is 4.79 Å². The topological polar surface area (TPSA) is 85.2 Å². The Labute approximate surface area is 139 Å². The smallest absolute Gasteiger partial charge is 0.277 e. The van der Waals surface area contributed by atoms with Gasteiger partial charge in [-0.05, 0) is 35.0 Å². The van der Waals surface area contributed by atoms with Crippen molar-refractivity contribution < 1.29 is 9.21 Å². The van der Waals surface area contributed by atoms with Crippen LogP contribution in [0.25, 0.3) is 0 Å². The number of nitrogens with zero attached hydrogens (tertiary/aromatic N) is 3. The number of carbonyl (C=O) groups excluding carboxylic acids is 1. The maximum atomic E-state index is 12.2. The van der Waals surface area contributed by atoms with Gasteiger partial charge in [0.05, 0.1) is 22.6 Å². The lowest BCUT2D eigenvalue weighted by Gasteiger charge is -2.19. The molecular formula is C12H15BrN4O2S2. The van der Waals surface area contributed by atoms with Crippen molar-refractivity contribution in [2.75, 3.05) is 12.3 Å². The number of hydrogen-bond acceptors (Lipinski definition) is 7. The Bertz CT molecular complexity index is 602. The van der Waals surface area contributed by atoms with E-state index in [1.165, 1.54) is 11.8 Å². The second kappa shape index (κ2) is 7.92. The number of thioether (sulfide) groups is 1. The molecule has 0 atom stereocenters. The van der Waals surface area contributed by atoms with Gasteiger partial charge in [-0.25, -0.2) is 0 Å². The minimum Gasteiger partial charge on any atom is -0.415 e. The number of aromatic nitrogens is 2. The lowest BCUT2D eigenvalue weighted by atomic mass is 10.4. The van der Waals surface area contributed by atoms with Crippen LogP contribution in [-0.4, -0.2) is 33.3 Å². The standard InChI is InChI=1S/C12H15BrN4O2S2/c1-2-17(6-8-3-4-9(13)21-8)11(18)7-20-12-16-15-10(5-14)19-12/h3-4H,2,5-7,14H2,1H3. The Morgan fingerprint density at radius 2 is 2.33 bits per heavy atom. The maximum Gasteiger partial charge on any atom is 0.277 e. The molecule has 0 bridgehead atoms. The molecule has 0 aromatic carbocycles. The number of thiophene rings is 1. The highest BCUT2D eigenvalue weighted by atomic mass is 79.9. The van der Waals surface area contributed by atoms with E-state index in [2.05, 4.69) is 26.1 Å². The summed E-state index contributed by atoms with van der Waals surface area (Å²) in [7, 11) is 0. The summed E-state index contributed by atoms with van der Waals surface area (Å²) in [6.45, 7) is 3.44. The van der Waals surface area contributed by atoms with Gasteiger partial charge in [0.2, 0.25) is 11.8 Å². The summed E-state index contributed by atoms with van der Waals surface area (Å²) in [4.78, 5) is 15.2. The minimum atomic E-state index is 0.0412. The first-order valence-electron chi connectivity index (χ1n) is 6.29. The van der Waals surface area contributed by atoms with E-state index in [0.717, 1.165) is 8.66 Å². The molecule has 114 valence electrons. The zero-order valence-corrected chi connectivity index (χ0v) is 14.6. The molecule has 0 saturated heterocycles. The van der Waals surface area contributed by atoms with Gasteiger partial charge in [0, 0.05) is 11.4 Å². The first-order valence-corrected chi connectivity index (χ1v) is 8.89. The van der Waals surface area contributed by atoms with Crippen LogP contribution in [0.15, 0.2) is 25.6 Å². The number of carbonyl (C=O) groups is 1. The van der Waals surface area contributed by atoms with Crippen LogP contribution in [0, 0.1) is 0 Å². The molecule has 0 saturated carbocycles. The van der Waals surface area contributed by atoms with Crippen LogP contribution in [0.1, 0.15) is 17.7 Å². The van der Waals surface area contributed by atoms with Crippen molar-refractivity contribution in [2.45, 2.75) is 25.2 Å². The summed E-state index contributed by atoms with van der Waals surface area (Å²) >= 11 is 6.29. The molecule has 0 aliphatic heterocycles. The average molecular weight is 391 g/mol. The van der Waals surface area contributed by atoms with E-state index in [9.17, 15) is 4.79 Å². The van der Waals surface area contributed by atoms with E-state index in [1.54, 1.807) is 16.2 Å². The average Bonchev–Trinajstić information content (AvgIpc) is 3.10. The van der Waals surface area contributed by atoms with E-state index < -0.39 is 0 Å². The zero-order chi connectivity index (χ0) is 15.2. The molecule has 0 radical (unpaired) electrons. The fourth-order valence-corrected chi connectivity index (χ4v) is 3.78. The summed E-state index contributed by atoms with van der Waals surface area (Å²) in [5.41, 5.74) is 5.39. The Kier molecular flexibility index (Phi) is 6.22. The molecule has 6 nitrogen and oxygen atoms in total. The molecule has 0 fully saturated rings. The van der Waals surface area contributed by atoms with Crippen LogP contribution in [0.4, 0.5) is 0 Å². The monoisotopic (exact) mass is 390 g/mol. The molecule has 1 amide bonds. The molecule has 9 heteroatoms. The molecule has 0 spiro atoms. The fraction of sp³-hybridized carbons (Fsp3) is 0.417. The molecule has 2 aromatic rings. The highest BCUT2D eigenvalue weighted by Crippen LogP contribution is 2.24. The van der Waals surface area contributed by atoms with Crippen LogP contribution >= 0.6 is 39.0 Å². The lowest BCUT2D eigenvalue weighted by molar-refractivity contribution is -0.128. The third kappa shape index (κ3) is 4.80. The van der Waals surface area contributed by atoms with Crippen molar-refractivity contribution in [1.29, 1.82) is 0 Å². The van der Waals surface area contributed by atoms with E-state index in [-0.39, 0.29) is 18.2 Å². The number of amides is 1. The summed E-state index contributed by atoms with van der Waals surface area (Å²) in [6.07, 6.45) is 0. The first kappa shape index (κ1) is 16.5. The van der Waals surface area contributed by atoms with Crippen LogP contribution in [0.2, 0.25) is 0 Å². The number of rotatable bonds is 7. The van der Waals surface area contributed by atoms with Crippen molar-refractivity contribution >= 4 is 44.9 Å². The van der Waals surface area contributed by atoms with E-state index in [4.69, 9.17) is 10.2 Å². The van der Waals surface area contributed by atoms with Gasteiger partial charge in [0.1, 0.15) is 0 Å². The molecule has 2 heterocycles. The van der Waals surface area contributed by atoms with Crippen molar-refractivity contribution in [3.8, 4) is 0 Å². The van der Waals surface area contributed by atoms with Crippen LogP contribution in [0.5, 0.6) is 0 Å². The van der Waals surface area contributed by atoms with Gasteiger partial charge >= 0.3 is 0 Å². The highest BCUT2D eigenvalue weighted by Gasteiger charge is 2.15. The second-order valence-electron chi connectivity index (χ2n) is 4.07. The van der Waals surface area contributed by atoms with Crippen molar-refractivity contribution in [2.24, 2.45) is 5.73 Å². The largest absolute Gasteiger partial charge is 0.415 e. The van der Waals surface area contributed by atoms with E-state index in [0.29, 0.717) is 24.2 Å². The SMILES string of the molecule is CCN(Cc1ccc(Br)s1)C(=O)CSc1nnc(CN)o1. The zero-order valence-electron chi connectivity index (χ0n) is 11.4. The number of nitrogens with two attached hydrogens (primary N) is 1. The quantitative estimate of drug-likeness (QED) is 0.730. The predicted molar refractivity (Wildman–Crippen MR) is 86.0 cm³/mol. The van der Waals surface area contributed by atoms with Crippen LogP contribution in [0.3, 0.4) is 0 Å². The third-order valence-electron chi connectivity index (χ3n) is 2.65. The Hall–Kier alpha value is -0.900. The number of hydrogen-bond donors (Lipinski definition) is 1. The second-order valence-corrected chi connectivity index (χ2v) is 7.54. The molecule has 2 N–H and O–H groups in total. The van der Waals surface area contributed by atoms with Crippen molar-refractivity contribution in [3.05, 3.63) is 26.7 Å². The molecule has 0 aliphatic carbocycles. The van der Waals surface area contributed by atoms with Crippen molar-refractivity contribution in [1.82, 2.24) is 15.1 Å². The Morgan fingerprint density at radius 3 is 2.90 bits per heavy atom. The summed E-state index contributed by atoms with van der Waals surface area (Å²) in [5, 5.41) is 7.95. The third-order valence-corrected chi connectivity index (χ3v) is 5.06. The lowest BCUT2D eigenvalue weighted by Crippen LogP contribution is -2.31. The highest BCUT2D eigenvalue weighted by molar-refractivity contribution is 9.11. The Balaban J connectivity index is 1.87. The van der Waals surface area contributed by atoms with E-state index >= 15 is 0 Å². The molecule has 0 unspecified atom stereocenters. The predicted octanol–water partition coefficient (Wildman–Crippen LogP) is 2.49. The summed E-state index contributed by atoms with van der Waals surface area (Å²) in [5.74, 6) is 0.687. The first-order chi connectivity index (χ1) is 10.1. The van der Waals surface area contributed by atoms with Crippen molar-refractivity contribution in [3.63, 3.8) is 0 Å². The maximum absolute atomic E-state index is 12.2.